The summed E-state index contributed by atoms with van der Waals surface area (Å²) in [6, 6.07) is 5.60. The number of nitrogens with one attached hydrogen (secondary N) is 1. The zero-order valence-corrected chi connectivity index (χ0v) is 10.5. The Bertz CT molecular complexity index is 433. The first kappa shape index (κ1) is 11.7. The van der Waals surface area contributed by atoms with Crippen LogP contribution in [0.25, 0.3) is 0 Å². The van der Waals surface area contributed by atoms with Gasteiger partial charge in [-0.3, -0.25) is 4.79 Å². The third kappa shape index (κ3) is 2.50. The van der Waals surface area contributed by atoms with Crippen molar-refractivity contribution in [3.63, 3.8) is 0 Å². The van der Waals surface area contributed by atoms with E-state index in [1.54, 1.807) is 6.07 Å². The molecule has 1 unspecified atom stereocenters. The summed E-state index contributed by atoms with van der Waals surface area (Å²) in [6.45, 7) is 2.06. The molecule has 2 nitrogen and oxygen atoms in total. The molecule has 2 rings (SSSR count). The van der Waals surface area contributed by atoms with Crippen molar-refractivity contribution in [1.82, 2.24) is 5.32 Å². The van der Waals surface area contributed by atoms with Crippen LogP contribution in [0.2, 0.25) is 10.0 Å². The molecule has 1 N–H and O–H groups in total. The van der Waals surface area contributed by atoms with Crippen LogP contribution >= 0.6 is 23.2 Å². The fourth-order valence-electron chi connectivity index (χ4n) is 2.08. The standard InChI is InChI=1S/C12H13Cl2NO/c1-12(5-4-11(16)15-12)7-8-2-3-9(13)10(14)6-8/h2-3,6H,4-5,7H2,1H3,(H,15,16). The van der Waals surface area contributed by atoms with Crippen molar-refractivity contribution in [2.75, 3.05) is 0 Å². The summed E-state index contributed by atoms with van der Waals surface area (Å²) in [5, 5.41) is 4.12. The lowest BCUT2D eigenvalue weighted by molar-refractivity contribution is -0.119. The minimum atomic E-state index is -0.145. The van der Waals surface area contributed by atoms with Crippen molar-refractivity contribution in [2.45, 2.75) is 31.7 Å². The largest absolute Gasteiger partial charge is 0.351 e. The second-order valence-electron chi connectivity index (χ2n) is 4.53. The Hall–Kier alpha value is -0.730. The minimum Gasteiger partial charge on any atom is -0.351 e. The van der Waals surface area contributed by atoms with E-state index in [9.17, 15) is 4.79 Å². The number of halogens is 2. The highest BCUT2D eigenvalue weighted by molar-refractivity contribution is 6.42. The molecule has 16 heavy (non-hydrogen) atoms. The number of hydrogen-bond donors (Lipinski definition) is 1. The summed E-state index contributed by atoms with van der Waals surface area (Å²) in [5.74, 6) is 0.127. The molecule has 1 aromatic carbocycles. The van der Waals surface area contributed by atoms with Crippen LogP contribution in [0.4, 0.5) is 0 Å². The molecule has 1 amide bonds. The number of hydrogen-bond acceptors (Lipinski definition) is 1. The molecule has 0 bridgehead atoms. The second kappa shape index (κ2) is 4.27. The molecule has 0 saturated carbocycles. The maximum atomic E-state index is 11.2. The van der Waals surface area contributed by atoms with Gasteiger partial charge in [0.05, 0.1) is 10.0 Å². The molecule has 1 atom stereocenters. The fraction of sp³-hybridized carbons (Fsp3) is 0.417. The van der Waals surface area contributed by atoms with E-state index in [1.807, 2.05) is 12.1 Å². The molecule has 1 heterocycles. The maximum Gasteiger partial charge on any atom is 0.220 e. The first-order chi connectivity index (χ1) is 7.48. The van der Waals surface area contributed by atoms with E-state index >= 15 is 0 Å². The van der Waals surface area contributed by atoms with Gasteiger partial charge in [-0.05, 0) is 37.5 Å². The van der Waals surface area contributed by atoms with Crippen LogP contribution in [0.15, 0.2) is 18.2 Å². The van der Waals surface area contributed by atoms with Crippen molar-refractivity contribution >= 4 is 29.1 Å². The number of amides is 1. The molecule has 1 aliphatic heterocycles. The van der Waals surface area contributed by atoms with Crippen molar-refractivity contribution in [1.29, 1.82) is 0 Å². The average Bonchev–Trinajstić information content (AvgIpc) is 2.52. The predicted octanol–water partition coefficient (Wildman–Crippen LogP) is 3.20. The summed E-state index contributed by atoms with van der Waals surface area (Å²) < 4.78 is 0. The first-order valence-corrected chi connectivity index (χ1v) is 5.99. The van der Waals surface area contributed by atoms with Gasteiger partial charge in [-0.1, -0.05) is 29.3 Å². The molecule has 0 aromatic heterocycles. The van der Waals surface area contributed by atoms with Crippen molar-refractivity contribution in [3.05, 3.63) is 33.8 Å². The highest BCUT2D eigenvalue weighted by Gasteiger charge is 2.32. The molecule has 1 saturated heterocycles. The molecule has 86 valence electrons. The van der Waals surface area contributed by atoms with E-state index in [0.717, 1.165) is 18.4 Å². The van der Waals surface area contributed by atoms with E-state index < -0.39 is 0 Å². The third-order valence-corrected chi connectivity index (χ3v) is 3.66. The molecule has 0 aliphatic carbocycles. The number of benzene rings is 1. The van der Waals surface area contributed by atoms with E-state index in [4.69, 9.17) is 23.2 Å². The summed E-state index contributed by atoms with van der Waals surface area (Å²) in [4.78, 5) is 11.2. The van der Waals surface area contributed by atoms with Gasteiger partial charge in [0.25, 0.3) is 0 Å². The van der Waals surface area contributed by atoms with Gasteiger partial charge >= 0.3 is 0 Å². The lowest BCUT2D eigenvalue weighted by atomic mass is 9.91. The zero-order valence-electron chi connectivity index (χ0n) is 9.02. The molecule has 0 spiro atoms. The molecule has 1 fully saturated rings. The van der Waals surface area contributed by atoms with Gasteiger partial charge in [0, 0.05) is 12.0 Å². The molecular weight excluding hydrogens is 245 g/mol. The molecule has 1 aromatic rings. The van der Waals surface area contributed by atoms with Crippen LogP contribution in [0, 0.1) is 0 Å². The Balaban J connectivity index is 2.14. The van der Waals surface area contributed by atoms with Crippen LogP contribution in [0.3, 0.4) is 0 Å². The topological polar surface area (TPSA) is 29.1 Å². The van der Waals surface area contributed by atoms with Crippen molar-refractivity contribution in [3.8, 4) is 0 Å². The van der Waals surface area contributed by atoms with Crippen molar-refractivity contribution < 1.29 is 4.79 Å². The summed E-state index contributed by atoms with van der Waals surface area (Å²) in [7, 11) is 0. The van der Waals surface area contributed by atoms with Gasteiger partial charge in [-0.25, -0.2) is 0 Å². The monoisotopic (exact) mass is 257 g/mol. The fourth-order valence-corrected chi connectivity index (χ4v) is 2.40. The van der Waals surface area contributed by atoms with E-state index in [1.165, 1.54) is 0 Å². The van der Waals surface area contributed by atoms with Crippen LogP contribution in [0.1, 0.15) is 25.3 Å². The third-order valence-electron chi connectivity index (χ3n) is 2.92. The van der Waals surface area contributed by atoms with Gasteiger partial charge in [0.1, 0.15) is 0 Å². The zero-order chi connectivity index (χ0) is 11.8. The smallest absolute Gasteiger partial charge is 0.220 e. The highest BCUT2D eigenvalue weighted by atomic mass is 35.5. The molecular formula is C12H13Cl2NO. The van der Waals surface area contributed by atoms with Crippen LogP contribution < -0.4 is 5.32 Å². The Morgan fingerprint density at radius 2 is 2.12 bits per heavy atom. The van der Waals surface area contributed by atoms with E-state index in [2.05, 4.69) is 12.2 Å². The Morgan fingerprint density at radius 3 is 2.69 bits per heavy atom. The van der Waals surface area contributed by atoms with Crippen LogP contribution in [-0.2, 0) is 11.2 Å². The lowest BCUT2D eigenvalue weighted by Gasteiger charge is -2.24. The number of rotatable bonds is 2. The predicted molar refractivity (Wildman–Crippen MR) is 65.9 cm³/mol. The molecule has 0 radical (unpaired) electrons. The minimum absolute atomic E-state index is 0.127. The average molecular weight is 258 g/mol. The van der Waals surface area contributed by atoms with Gasteiger partial charge in [-0.15, -0.1) is 0 Å². The lowest BCUT2D eigenvalue weighted by Crippen LogP contribution is -2.40. The Labute approximate surface area is 105 Å². The maximum absolute atomic E-state index is 11.2. The number of carbonyl (C=O) groups excluding carboxylic acids is 1. The van der Waals surface area contributed by atoms with Gasteiger partial charge in [0.15, 0.2) is 0 Å². The summed E-state index contributed by atoms with van der Waals surface area (Å²) >= 11 is 11.8. The highest BCUT2D eigenvalue weighted by Crippen LogP contribution is 2.28. The van der Waals surface area contributed by atoms with Crippen LogP contribution in [-0.4, -0.2) is 11.4 Å². The molecule has 4 heteroatoms. The quantitative estimate of drug-likeness (QED) is 0.867. The van der Waals surface area contributed by atoms with Crippen LogP contribution in [0.5, 0.6) is 0 Å². The summed E-state index contributed by atoms with van der Waals surface area (Å²) in [6.07, 6.45) is 2.26. The first-order valence-electron chi connectivity index (χ1n) is 5.23. The normalized spacial score (nSPS) is 24.6. The van der Waals surface area contributed by atoms with Gasteiger partial charge in [-0.2, -0.15) is 0 Å². The molecule has 1 aliphatic rings. The summed E-state index contributed by atoms with van der Waals surface area (Å²) in [5.41, 5.74) is 0.952. The Morgan fingerprint density at radius 1 is 1.38 bits per heavy atom. The van der Waals surface area contributed by atoms with Crippen molar-refractivity contribution in [2.24, 2.45) is 0 Å². The van der Waals surface area contributed by atoms with Gasteiger partial charge < -0.3 is 5.32 Å². The van der Waals surface area contributed by atoms with Gasteiger partial charge in [0.2, 0.25) is 5.91 Å². The second-order valence-corrected chi connectivity index (χ2v) is 5.35. The SMILES string of the molecule is CC1(Cc2ccc(Cl)c(Cl)c2)CCC(=O)N1. The van der Waals surface area contributed by atoms with E-state index in [-0.39, 0.29) is 11.4 Å². The number of carbonyl (C=O) groups is 1. The Kier molecular flexibility index (Phi) is 3.13. The van der Waals surface area contributed by atoms with E-state index in [0.29, 0.717) is 16.5 Å².